The first-order valence-electron chi connectivity index (χ1n) is 7.14. The third kappa shape index (κ3) is 2.39. The Morgan fingerprint density at radius 1 is 1.46 bits per heavy atom. The summed E-state index contributed by atoms with van der Waals surface area (Å²) in [6, 6.07) is 9.08. The number of nitrogens with zero attached hydrogens (tertiary/aromatic N) is 4. The number of amides is 1. The average molecular weight is 385 g/mol. The van der Waals surface area contributed by atoms with E-state index in [1.165, 1.54) is 4.52 Å². The quantitative estimate of drug-likeness (QED) is 0.716. The van der Waals surface area contributed by atoms with E-state index in [0.29, 0.717) is 38.9 Å². The Bertz CT molecular complexity index is 1020. The van der Waals surface area contributed by atoms with Crippen molar-refractivity contribution >= 4 is 33.2 Å². The highest BCUT2D eigenvalue weighted by Crippen LogP contribution is 2.32. The number of nitrogens with two attached hydrogens (primary N) is 2. The number of carbonyl (C=O) groups is 1. The predicted octanol–water partition coefficient (Wildman–Crippen LogP) is 2.27. The summed E-state index contributed by atoms with van der Waals surface area (Å²) in [6.07, 6.45) is 0.545. The van der Waals surface area contributed by atoms with E-state index in [4.69, 9.17) is 16.7 Å². The van der Waals surface area contributed by atoms with Crippen molar-refractivity contribution in [1.29, 1.82) is 5.26 Å². The predicted molar refractivity (Wildman–Crippen MR) is 93.1 cm³/mol. The van der Waals surface area contributed by atoms with Crippen LogP contribution in [0, 0.1) is 11.3 Å². The number of primary amides is 1. The summed E-state index contributed by atoms with van der Waals surface area (Å²) in [5.41, 5.74) is 14.7. The standard InChI is InChI=1S/C16H13BrN6O/c1-2-10-12(16(20)24)22-23-13(10)15(19)21-11(14(23)17)9-5-3-4-8(6-9)7-18/h3-6H,2H2,1H3,(H2,19,21)(H2,20,24). The molecule has 7 nitrogen and oxygen atoms in total. The largest absolute Gasteiger partial charge is 0.382 e. The normalized spacial score (nSPS) is 10.7. The van der Waals surface area contributed by atoms with Gasteiger partial charge in [-0.2, -0.15) is 10.4 Å². The molecule has 2 aromatic heterocycles. The summed E-state index contributed by atoms with van der Waals surface area (Å²) in [4.78, 5) is 16.1. The number of fused-ring (bicyclic) bond motifs is 1. The summed E-state index contributed by atoms with van der Waals surface area (Å²) < 4.78 is 2.05. The highest BCUT2D eigenvalue weighted by molar-refractivity contribution is 9.10. The molecule has 0 aliphatic carbocycles. The third-order valence-corrected chi connectivity index (χ3v) is 4.40. The minimum absolute atomic E-state index is 0.176. The van der Waals surface area contributed by atoms with Gasteiger partial charge in [-0.1, -0.05) is 19.1 Å². The highest BCUT2D eigenvalue weighted by atomic mass is 79.9. The highest BCUT2D eigenvalue weighted by Gasteiger charge is 2.22. The van der Waals surface area contributed by atoms with Crippen molar-refractivity contribution in [2.75, 3.05) is 5.73 Å². The second-order valence-corrected chi connectivity index (χ2v) is 5.89. The first kappa shape index (κ1) is 16.0. The molecule has 4 N–H and O–H groups in total. The maximum atomic E-state index is 11.6. The van der Waals surface area contributed by atoms with E-state index in [1.54, 1.807) is 18.2 Å². The molecule has 3 aromatic rings. The van der Waals surface area contributed by atoms with E-state index >= 15 is 0 Å². The fourth-order valence-corrected chi connectivity index (χ4v) is 3.20. The summed E-state index contributed by atoms with van der Waals surface area (Å²) in [6.45, 7) is 1.89. The van der Waals surface area contributed by atoms with Crippen molar-refractivity contribution in [1.82, 2.24) is 14.6 Å². The van der Waals surface area contributed by atoms with Gasteiger partial charge in [0.15, 0.2) is 11.5 Å². The lowest BCUT2D eigenvalue weighted by Crippen LogP contribution is -2.13. The van der Waals surface area contributed by atoms with Gasteiger partial charge < -0.3 is 11.5 Å². The third-order valence-electron chi connectivity index (χ3n) is 3.69. The molecule has 0 aliphatic heterocycles. The number of aryl methyl sites for hydroxylation is 1. The Morgan fingerprint density at radius 2 is 2.21 bits per heavy atom. The van der Waals surface area contributed by atoms with Crippen molar-refractivity contribution in [3.63, 3.8) is 0 Å². The molecular formula is C16H13BrN6O. The van der Waals surface area contributed by atoms with Gasteiger partial charge in [-0.3, -0.25) is 4.79 Å². The molecular weight excluding hydrogens is 372 g/mol. The maximum absolute atomic E-state index is 11.6. The van der Waals surface area contributed by atoms with E-state index in [9.17, 15) is 4.79 Å². The lowest BCUT2D eigenvalue weighted by Gasteiger charge is -2.09. The van der Waals surface area contributed by atoms with Crippen molar-refractivity contribution in [2.45, 2.75) is 13.3 Å². The Labute approximate surface area is 146 Å². The lowest BCUT2D eigenvalue weighted by atomic mass is 10.1. The van der Waals surface area contributed by atoms with E-state index in [0.717, 1.165) is 0 Å². The average Bonchev–Trinajstić information content (AvgIpc) is 2.99. The lowest BCUT2D eigenvalue weighted by molar-refractivity contribution is 0.0994. The number of aromatic nitrogens is 3. The molecule has 120 valence electrons. The number of anilines is 1. The molecule has 0 unspecified atom stereocenters. The van der Waals surface area contributed by atoms with Gasteiger partial charge in [-0.05, 0) is 34.5 Å². The van der Waals surface area contributed by atoms with Gasteiger partial charge in [0, 0.05) is 11.1 Å². The molecule has 0 fully saturated rings. The summed E-state index contributed by atoms with van der Waals surface area (Å²) in [5, 5.41) is 13.3. The molecule has 24 heavy (non-hydrogen) atoms. The van der Waals surface area contributed by atoms with Crippen LogP contribution in [0.15, 0.2) is 28.9 Å². The molecule has 3 rings (SSSR count). The second kappa shape index (κ2) is 5.94. The zero-order valence-electron chi connectivity index (χ0n) is 12.7. The van der Waals surface area contributed by atoms with Crippen LogP contribution < -0.4 is 11.5 Å². The van der Waals surface area contributed by atoms with Crippen molar-refractivity contribution in [2.24, 2.45) is 5.73 Å². The zero-order valence-corrected chi connectivity index (χ0v) is 14.3. The van der Waals surface area contributed by atoms with Crippen molar-refractivity contribution in [3.05, 3.63) is 45.7 Å². The van der Waals surface area contributed by atoms with Crippen LogP contribution in [-0.4, -0.2) is 20.5 Å². The molecule has 1 amide bonds. The maximum Gasteiger partial charge on any atom is 0.269 e. The van der Waals surface area contributed by atoms with Gasteiger partial charge >= 0.3 is 0 Å². The van der Waals surface area contributed by atoms with E-state index in [-0.39, 0.29) is 11.5 Å². The molecule has 0 radical (unpaired) electrons. The molecule has 0 saturated heterocycles. The molecule has 2 heterocycles. The summed E-state index contributed by atoms with van der Waals surface area (Å²) in [5.74, 6) is -0.373. The van der Waals surface area contributed by atoms with E-state index in [2.05, 4.69) is 32.1 Å². The number of hydrogen-bond acceptors (Lipinski definition) is 5. The SMILES string of the molecule is CCc1c(C(N)=O)nn2c(Br)c(-c3cccc(C#N)c3)nc(N)c12. The Kier molecular flexibility index (Phi) is 3.95. The van der Waals surface area contributed by atoms with Gasteiger partial charge in [0.05, 0.1) is 11.6 Å². The van der Waals surface area contributed by atoms with Crippen LogP contribution in [0.1, 0.15) is 28.5 Å². The van der Waals surface area contributed by atoms with Gasteiger partial charge in [0.25, 0.3) is 5.91 Å². The van der Waals surface area contributed by atoms with Gasteiger partial charge in [0.2, 0.25) is 0 Å². The van der Waals surface area contributed by atoms with Gasteiger partial charge in [-0.25, -0.2) is 9.50 Å². The minimum Gasteiger partial charge on any atom is -0.382 e. The number of halogens is 1. The Hall–Kier alpha value is -2.92. The van der Waals surface area contributed by atoms with Crippen LogP contribution in [0.3, 0.4) is 0 Å². The Morgan fingerprint density at radius 3 is 2.83 bits per heavy atom. The smallest absolute Gasteiger partial charge is 0.269 e. The zero-order chi connectivity index (χ0) is 17.4. The second-order valence-electron chi connectivity index (χ2n) is 5.13. The van der Waals surface area contributed by atoms with Crippen LogP contribution in [-0.2, 0) is 6.42 Å². The first-order chi connectivity index (χ1) is 11.5. The van der Waals surface area contributed by atoms with Crippen LogP contribution in [0.5, 0.6) is 0 Å². The van der Waals surface area contributed by atoms with Crippen molar-refractivity contribution < 1.29 is 4.79 Å². The number of carbonyl (C=O) groups excluding carboxylic acids is 1. The molecule has 0 atom stereocenters. The van der Waals surface area contributed by atoms with Gasteiger partial charge in [-0.15, -0.1) is 0 Å². The molecule has 0 aliphatic rings. The van der Waals surface area contributed by atoms with Crippen LogP contribution in [0.25, 0.3) is 16.8 Å². The molecule has 0 bridgehead atoms. The number of hydrogen-bond donors (Lipinski definition) is 2. The number of benzene rings is 1. The molecule has 1 aromatic carbocycles. The molecule has 0 spiro atoms. The van der Waals surface area contributed by atoms with Crippen LogP contribution in [0.4, 0.5) is 5.82 Å². The van der Waals surface area contributed by atoms with Crippen LogP contribution >= 0.6 is 15.9 Å². The molecule has 8 heteroatoms. The summed E-state index contributed by atoms with van der Waals surface area (Å²) in [7, 11) is 0. The van der Waals surface area contributed by atoms with Crippen LogP contribution in [0.2, 0.25) is 0 Å². The number of nitriles is 1. The van der Waals surface area contributed by atoms with Gasteiger partial charge in [0.1, 0.15) is 15.8 Å². The monoisotopic (exact) mass is 384 g/mol. The topological polar surface area (TPSA) is 123 Å². The first-order valence-corrected chi connectivity index (χ1v) is 7.94. The molecule has 0 saturated carbocycles. The summed E-state index contributed by atoms with van der Waals surface area (Å²) >= 11 is 3.47. The number of rotatable bonds is 3. The van der Waals surface area contributed by atoms with E-state index < -0.39 is 5.91 Å². The van der Waals surface area contributed by atoms with Crippen molar-refractivity contribution in [3.8, 4) is 17.3 Å². The fourth-order valence-electron chi connectivity index (χ4n) is 2.63. The Balaban J connectivity index is 2.35. The van der Waals surface area contributed by atoms with E-state index in [1.807, 2.05) is 13.0 Å². The fraction of sp³-hybridized carbons (Fsp3) is 0.125. The number of nitrogen functional groups attached to an aromatic ring is 1. The minimum atomic E-state index is -0.616.